The Morgan fingerprint density at radius 1 is 1.02 bits per heavy atom. The first-order valence-corrected chi connectivity index (χ1v) is 14.4. The molecule has 5 aromatic rings. The number of hydrogen-bond donors (Lipinski definition) is 2. The van der Waals surface area contributed by atoms with Gasteiger partial charge >= 0.3 is 6.01 Å². The molecule has 0 unspecified atom stereocenters. The molecule has 3 heterocycles. The molecule has 1 aliphatic heterocycles. The standard InChI is InChI=1S/C29H27N5O6S/c1-18-7-9-25(19(2)15-18)34-27(35)22-6-4-3-5-21(22)23(28(34)36)17-30-32-29-31-24-16-20(8-10-26(24)40-29)41(37,38)33-11-13-39-14-12-33/h3-10,15-17,36H,11-14H2,1-2H3,(H,31,32). The van der Waals surface area contributed by atoms with Crippen LogP contribution in [0.15, 0.2) is 79.9 Å². The van der Waals surface area contributed by atoms with E-state index in [2.05, 4.69) is 15.5 Å². The van der Waals surface area contributed by atoms with Crippen LogP contribution in [-0.4, -0.2) is 59.9 Å². The molecule has 41 heavy (non-hydrogen) atoms. The number of anilines is 1. The number of aryl methyl sites for hydroxylation is 2. The minimum atomic E-state index is -3.69. The summed E-state index contributed by atoms with van der Waals surface area (Å²) in [4.78, 5) is 17.8. The largest absolute Gasteiger partial charge is 0.494 e. The zero-order valence-corrected chi connectivity index (χ0v) is 23.2. The van der Waals surface area contributed by atoms with Crippen molar-refractivity contribution < 1.29 is 22.7 Å². The lowest BCUT2D eigenvalue weighted by Gasteiger charge is -2.25. The second-order valence-corrected chi connectivity index (χ2v) is 11.7. The Balaban J connectivity index is 1.34. The molecule has 210 valence electrons. The number of sulfonamides is 1. The van der Waals surface area contributed by atoms with E-state index >= 15 is 0 Å². The maximum absolute atomic E-state index is 13.4. The molecule has 0 radical (unpaired) electrons. The molecule has 6 rings (SSSR count). The smallest absolute Gasteiger partial charge is 0.316 e. The molecule has 0 spiro atoms. The summed E-state index contributed by atoms with van der Waals surface area (Å²) in [5.41, 5.74) is 5.83. The summed E-state index contributed by atoms with van der Waals surface area (Å²) in [5.74, 6) is -0.262. The fraction of sp³-hybridized carbons (Fsp3) is 0.207. The molecule has 0 saturated carbocycles. The van der Waals surface area contributed by atoms with E-state index in [9.17, 15) is 18.3 Å². The number of hydrazone groups is 1. The van der Waals surface area contributed by atoms with Gasteiger partial charge in [0.25, 0.3) is 5.56 Å². The lowest BCUT2D eigenvalue weighted by molar-refractivity contribution is 0.0730. The SMILES string of the molecule is Cc1ccc(-n2c(O)c(C=NNc3nc4cc(S(=O)(=O)N5CCOCC5)ccc4o3)c3ccccc3c2=O)c(C)c1. The molecule has 3 aromatic carbocycles. The maximum Gasteiger partial charge on any atom is 0.316 e. The monoisotopic (exact) mass is 573 g/mol. The first kappa shape index (κ1) is 26.7. The second kappa shape index (κ2) is 10.5. The fourth-order valence-electron chi connectivity index (χ4n) is 4.97. The van der Waals surface area contributed by atoms with Gasteiger partial charge in [0.1, 0.15) is 5.52 Å². The van der Waals surface area contributed by atoms with Crippen molar-refractivity contribution in [1.29, 1.82) is 0 Å². The number of aromatic hydroxyl groups is 1. The van der Waals surface area contributed by atoms with Crippen LogP contribution in [0.5, 0.6) is 5.88 Å². The Labute approximate surface area is 235 Å². The van der Waals surface area contributed by atoms with Crippen molar-refractivity contribution >= 4 is 44.1 Å². The van der Waals surface area contributed by atoms with Crippen molar-refractivity contribution in [2.24, 2.45) is 5.10 Å². The lowest BCUT2D eigenvalue weighted by atomic mass is 10.1. The summed E-state index contributed by atoms with van der Waals surface area (Å²) in [6.07, 6.45) is 1.39. The van der Waals surface area contributed by atoms with E-state index in [4.69, 9.17) is 9.15 Å². The topological polar surface area (TPSA) is 139 Å². The molecule has 0 bridgehead atoms. The van der Waals surface area contributed by atoms with Crippen molar-refractivity contribution in [3.63, 3.8) is 0 Å². The van der Waals surface area contributed by atoms with Crippen LogP contribution in [0.25, 0.3) is 27.6 Å². The van der Waals surface area contributed by atoms with E-state index in [1.165, 1.54) is 27.2 Å². The van der Waals surface area contributed by atoms with Gasteiger partial charge in [0.2, 0.25) is 15.9 Å². The van der Waals surface area contributed by atoms with Gasteiger partial charge in [-0.1, -0.05) is 35.9 Å². The zero-order valence-electron chi connectivity index (χ0n) is 22.4. The molecule has 12 heteroatoms. The van der Waals surface area contributed by atoms with Gasteiger partial charge in [0.05, 0.1) is 35.6 Å². The summed E-state index contributed by atoms with van der Waals surface area (Å²) in [5, 5.41) is 16.4. The van der Waals surface area contributed by atoms with Gasteiger partial charge in [-0.15, -0.1) is 0 Å². The number of pyridine rings is 1. The van der Waals surface area contributed by atoms with Gasteiger partial charge in [0.15, 0.2) is 5.58 Å². The van der Waals surface area contributed by atoms with Crippen LogP contribution < -0.4 is 11.0 Å². The molecule has 11 nitrogen and oxygen atoms in total. The van der Waals surface area contributed by atoms with Gasteiger partial charge in [-0.05, 0) is 49.7 Å². The van der Waals surface area contributed by atoms with E-state index in [-0.39, 0.29) is 22.3 Å². The first-order valence-electron chi connectivity index (χ1n) is 13.0. The van der Waals surface area contributed by atoms with Crippen molar-refractivity contribution in [2.75, 3.05) is 31.7 Å². The van der Waals surface area contributed by atoms with Crippen molar-refractivity contribution in [1.82, 2.24) is 13.9 Å². The van der Waals surface area contributed by atoms with Crippen molar-refractivity contribution in [3.8, 4) is 11.6 Å². The lowest BCUT2D eigenvalue weighted by Crippen LogP contribution is -2.40. The van der Waals surface area contributed by atoms with Gasteiger partial charge in [-0.3, -0.25) is 4.79 Å². The Hall–Kier alpha value is -4.52. The third kappa shape index (κ3) is 4.86. The number of morpholine rings is 1. The van der Waals surface area contributed by atoms with E-state index in [1.807, 2.05) is 26.0 Å². The number of nitrogens with zero attached hydrogens (tertiary/aromatic N) is 4. The highest BCUT2D eigenvalue weighted by molar-refractivity contribution is 7.89. The molecular formula is C29H27N5O6S. The number of ether oxygens (including phenoxy) is 1. The summed E-state index contributed by atoms with van der Waals surface area (Å²) >= 11 is 0. The van der Waals surface area contributed by atoms with E-state index < -0.39 is 10.0 Å². The minimum absolute atomic E-state index is 0.0312. The predicted octanol–water partition coefficient (Wildman–Crippen LogP) is 3.92. The highest BCUT2D eigenvalue weighted by Crippen LogP contribution is 2.28. The van der Waals surface area contributed by atoms with Gasteiger partial charge in [0, 0.05) is 23.9 Å². The number of aromatic nitrogens is 2. The Bertz CT molecular complexity index is 1990. The van der Waals surface area contributed by atoms with E-state index in [1.54, 1.807) is 36.4 Å². The van der Waals surface area contributed by atoms with Crippen LogP contribution in [0, 0.1) is 13.8 Å². The maximum atomic E-state index is 13.4. The number of benzene rings is 3. The molecule has 1 fully saturated rings. The molecule has 1 saturated heterocycles. The average Bonchev–Trinajstić information content (AvgIpc) is 3.38. The minimum Gasteiger partial charge on any atom is -0.494 e. The van der Waals surface area contributed by atoms with E-state index in [0.717, 1.165) is 11.1 Å². The summed E-state index contributed by atoms with van der Waals surface area (Å²) in [6, 6.07) is 17.1. The Morgan fingerprint density at radius 2 is 1.78 bits per heavy atom. The predicted molar refractivity (Wildman–Crippen MR) is 155 cm³/mol. The number of rotatable bonds is 6. The average molecular weight is 574 g/mol. The highest BCUT2D eigenvalue weighted by Gasteiger charge is 2.27. The van der Waals surface area contributed by atoms with Crippen LogP contribution in [0.2, 0.25) is 0 Å². The molecule has 2 N–H and O–H groups in total. The summed E-state index contributed by atoms with van der Waals surface area (Å²) < 4.78 is 39.7. The first-order chi connectivity index (χ1) is 19.7. The molecule has 0 atom stereocenters. The van der Waals surface area contributed by atoms with Gasteiger partial charge in [-0.25, -0.2) is 18.4 Å². The van der Waals surface area contributed by atoms with Gasteiger partial charge < -0.3 is 14.3 Å². The van der Waals surface area contributed by atoms with Crippen LogP contribution in [-0.2, 0) is 14.8 Å². The zero-order chi connectivity index (χ0) is 28.7. The quantitative estimate of drug-likeness (QED) is 0.230. The molecule has 1 aliphatic rings. The number of nitrogens with one attached hydrogen (secondary N) is 1. The van der Waals surface area contributed by atoms with Crippen LogP contribution in [0.3, 0.4) is 0 Å². The second-order valence-electron chi connectivity index (χ2n) is 9.75. The van der Waals surface area contributed by atoms with Crippen LogP contribution >= 0.6 is 0 Å². The van der Waals surface area contributed by atoms with Crippen LogP contribution in [0.4, 0.5) is 6.01 Å². The normalized spacial score (nSPS) is 14.8. The van der Waals surface area contributed by atoms with E-state index in [0.29, 0.717) is 59.4 Å². The third-order valence-electron chi connectivity index (χ3n) is 7.02. The fourth-order valence-corrected chi connectivity index (χ4v) is 6.40. The Morgan fingerprint density at radius 3 is 2.54 bits per heavy atom. The van der Waals surface area contributed by atoms with Crippen molar-refractivity contribution in [2.45, 2.75) is 18.7 Å². The number of oxazole rings is 1. The van der Waals surface area contributed by atoms with Crippen molar-refractivity contribution in [3.05, 3.63) is 87.7 Å². The Kier molecular flexibility index (Phi) is 6.81. The molecule has 0 amide bonds. The number of hydrogen-bond acceptors (Lipinski definition) is 9. The summed E-state index contributed by atoms with van der Waals surface area (Å²) in [7, 11) is -3.69. The molecule has 0 aliphatic carbocycles. The molecule has 2 aromatic heterocycles. The summed E-state index contributed by atoms with van der Waals surface area (Å²) in [6.45, 7) is 5.12. The molecular weight excluding hydrogens is 546 g/mol. The van der Waals surface area contributed by atoms with Crippen LogP contribution in [0.1, 0.15) is 16.7 Å². The number of fused-ring (bicyclic) bond motifs is 2. The van der Waals surface area contributed by atoms with Gasteiger partial charge in [-0.2, -0.15) is 14.4 Å². The highest BCUT2D eigenvalue weighted by atomic mass is 32.2. The third-order valence-corrected chi connectivity index (χ3v) is 8.91.